The maximum Gasteiger partial charge on any atom is 0.325 e. The summed E-state index contributed by atoms with van der Waals surface area (Å²) >= 11 is 0. The Labute approximate surface area is 148 Å². The topological polar surface area (TPSA) is 84.5 Å². The van der Waals surface area contributed by atoms with Crippen molar-refractivity contribution in [1.82, 2.24) is 5.32 Å². The number of hydrogen-bond donors (Lipinski definition) is 2. The zero-order chi connectivity index (χ0) is 19.1. The average molecular weight is 362 g/mol. The summed E-state index contributed by atoms with van der Waals surface area (Å²) in [6.07, 6.45) is 0. The van der Waals surface area contributed by atoms with Gasteiger partial charge in [0.2, 0.25) is 0 Å². The van der Waals surface area contributed by atoms with Gasteiger partial charge in [0.25, 0.3) is 11.8 Å². The molecule has 0 aliphatic heterocycles. The first-order valence-electron chi connectivity index (χ1n) is 7.60. The molecule has 0 heterocycles. The molecule has 0 atom stereocenters. The van der Waals surface area contributed by atoms with Gasteiger partial charge in [-0.05, 0) is 31.2 Å². The van der Waals surface area contributed by atoms with Crippen molar-refractivity contribution in [3.8, 4) is 0 Å². The van der Waals surface area contributed by atoms with Crippen molar-refractivity contribution in [3.05, 3.63) is 65.2 Å². The zero-order valence-corrected chi connectivity index (χ0v) is 13.8. The number of anilines is 1. The molecule has 0 radical (unpaired) electrons. The molecule has 0 aliphatic rings. The number of ether oxygens (including phenoxy) is 1. The minimum atomic E-state index is -0.847. The van der Waals surface area contributed by atoms with E-state index in [1.54, 1.807) is 24.3 Å². The number of amides is 2. The van der Waals surface area contributed by atoms with Gasteiger partial charge in [-0.1, -0.05) is 17.7 Å². The molecule has 2 rings (SSSR count). The molecule has 2 aromatic rings. The Balaban J connectivity index is 1.75. The van der Waals surface area contributed by atoms with E-state index >= 15 is 0 Å². The molecule has 0 aromatic heterocycles. The SMILES string of the molecule is Cc1ccc(C(=O)NCC(=O)OCC(=O)Nc2cc(F)ccc2F)cc1. The van der Waals surface area contributed by atoms with Gasteiger partial charge in [-0.15, -0.1) is 0 Å². The van der Waals surface area contributed by atoms with E-state index in [2.05, 4.69) is 15.4 Å². The van der Waals surface area contributed by atoms with Crippen molar-refractivity contribution >= 4 is 23.5 Å². The Hall–Kier alpha value is -3.29. The number of nitrogens with one attached hydrogen (secondary N) is 2. The van der Waals surface area contributed by atoms with Crippen LogP contribution in [0.4, 0.5) is 14.5 Å². The van der Waals surface area contributed by atoms with Crippen molar-refractivity contribution in [1.29, 1.82) is 0 Å². The number of carbonyl (C=O) groups is 3. The molecule has 0 saturated heterocycles. The number of benzene rings is 2. The van der Waals surface area contributed by atoms with Gasteiger partial charge in [-0.25, -0.2) is 8.78 Å². The lowest BCUT2D eigenvalue weighted by Gasteiger charge is -2.08. The number of esters is 1. The maximum atomic E-state index is 13.4. The monoisotopic (exact) mass is 362 g/mol. The van der Waals surface area contributed by atoms with E-state index in [-0.39, 0.29) is 5.69 Å². The number of hydrogen-bond acceptors (Lipinski definition) is 4. The Morgan fingerprint density at radius 3 is 2.42 bits per heavy atom. The summed E-state index contributed by atoms with van der Waals surface area (Å²) in [5.41, 5.74) is 1.00. The number of halogens is 2. The van der Waals surface area contributed by atoms with E-state index in [0.717, 1.165) is 23.8 Å². The fraction of sp³-hybridized carbons (Fsp3) is 0.167. The lowest BCUT2D eigenvalue weighted by molar-refractivity contribution is -0.146. The Morgan fingerprint density at radius 1 is 1.04 bits per heavy atom. The second kappa shape index (κ2) is 8.70. The normalized spacial score (nSPS) is 10.1. The van der Waals surface area contributed by atoms with Crippen LogP contribution in [0.15, 0.2) is 42.5 Å². The first kappa shape index (κ1) is 19.0. The fourth-order valence-corrected chi connectivity index (χ4v) is 1.94. The minimum absolute atomic E-state index is 0.362. The molecule has 0 spiro atoms. The zero-order valence-electron chi connectivity index (χ0n) is 13.8. The van der Waals surface area contributed by atoms with E-state index in [4.69, 9.17) is 0 Å². The lowest BCUT2D eigenvalue weighted by atomic mass is 10.1. The summed E-state index contributed by atoms with van der Waals surface area (Å²) < 4.78 is 31.1. The molecule has 0 aliphatic carbocycles. The van der Waals surface area contributed by atoms with E-state index in [1.807, 2.05) is 6.92 Å². The molecule has 6 nitrogen and oxygen atoms in total. The van der Waals surface area contributed by atoms with Gasteiger partial charge in [0.15, 0.2) is 6.61 Å². The van der Waals surface area contributed by atoms with Crippen LogP contribution in [0.1, 0.15) is 15.9 Å². The van der Waals surface area contributed by atoms with Crippen molar-refractivity contribution in [2.24, 2.45) is 0 Å². The van der Waals surface area contributed by atoms with Crippen molar-refractivity contribution in [2.75, 3.05) is 18.5 Å². The summed E-state index contributed by atoms with van der Waals surface area (Å²) in [5, 5.41) is 4.44. The van der Waals surface area contributed by atoms with Gasteiger partial charge in [-0.3, -0.25) is 14.4 Å². The Kier molecular flexibility index (Phi) is 6.37. The molecule has 0 unspecified atom stereocenters. The van der Waals surface area contributed by atoms with Crippen molar-refractivity contribution in [3.63, 3.8) is 0 Å². The van der Waals surface area contributed by atoms with Crippen molar-refractivity contribution in [2.45, 2.75) is 6.92 Å². The third-order valence-corrected chi connectivity index (χ3v) is 3.27. The summed E-state index contributed by atoms with van der Waals surface area (Å²) in [6, 6.07) is 9.29. The lowest BCUT2D eigenvalue weighted by Crippen LogP contribution is -2.32. The number of rotatable bonds is 6. The quantitative estimate of drug-likeness (QED) is 0.772. The van der Waals surface area contributed by atoms with E-state index in [1.165, 1.54) is 0 Å². The van der Waals surface area contributed by atoms with Crippen LogP contribution in [0, 0.1) is 18.6 Å². The van der Waals surface area contributed by atoms with Gasteiger partial charge >= 0.3 is 5.97 Å². The van der Waals surface area contributed by atoms with Gasteiger partial charge < -0.3 is 15.4 Å². The second-order valence-electron chi connectivity index (χ2n) is 5.38. The highest BCUT2D eigenvalue weighted by molar-refractivity contribution is 5.96. The van der Waals surface area contributed by atoms with Gasteiger partial charge in [-0.2, -0.15) is 0 Å². The molecule has 8 heteroatoms. The van der Waals surface area contributed by atoms with Crippen LogP contribution in [0.3, 0.4) is 0 Å². The second-order valence-corrected chi connectivity index (χ2v) is 5.38. The molecule has 2 amide bonds. The third-order valence-electron chi connectivity index (χ3n) is 3.27. The molecular weight excluding hydrogens is 346 g/mol. The average Bonchev–Trinajstić information content (AvgIpc) is 2.61. The molecule has 136 valence electrons. The molecule has 0 fully saturated rings. The van der Waals surface area contributed by atoms with Crippen LogP contribution in [-0.4, -0.2) is 30.9 Å². The highest BCUT2D eigenvalue weighted by Crippen LogP contribution is 2.14. The van der Waals surface area contributed by atoms with Gasteiger partial charge in [0.05, 0.1) is 5.69 Å². The largest absolute Gasteiger partial charge is 0.454 e. The summed E-state index contributed by atoms with van der Waals surface area (Å²) in [4.78, 5) is 35.0. The van der Waals surface area contributed by atoms with Crippen LogP contribution in [0.2, 0.25) is 0 Å². The van der Waals surface area contributed by atoms with E-state index in [9.17, 15) is 23.2 Å². The standard InChI is InChI=1S/C18H16F2N2O4/c1-11-2-4-12(5-3-11)18(25)21-9-17(24)26-10-16(23)22-15-8-13(19)6-7-14(15)20/h2-8H,9-10H2,1H3,(H,21,25)(H,22,23). The summed E-state index contributed by atoms with van der Waals surface area (Å²) in [6.45, 7) is 0.739. The van der Waals surface area contributed by atoms with E-state index < -0.39 is 42.6 Å². The van der Waals surface area contributed by atoms with Gasteiger partial charge in [0.1, 0.15) is 18.2 Å². The first-order valence-corrected chi connectivity index (χ1v) is 7.60. The van der Waals surface area contributed by atoms with Crippen LogP contribution < -0.4 is 10.6 Å². The minimum Gasteiger partial charge on any atom is -0.454 e. The predicted molar refractivity (Wildman–Crippen MR) is 89.5 cm³/mol. The highest BCUT2D eigenvalue weighted by Gasteiger charge is 2.12. The molecule has 26 heavy (non-hydrogen) atoms. The summed E-state index contributed by atoms with van der Waals surface area (Å²) in [7, 11) is 0. The Bertz CT molecular complexity index is 822. The molecule has 0 saturated carbocycles. The first-order chi connectivity index (χ1) is 12.3. The smallest absolute Gasteiger partial charge is 0.325 e. The third kappa shape index (κ3) is 5.66. The molecule has 0 bridgehead atoms. The van der Waals surface area contributed by atoms with Gasteiger partial charge in [0, 0.05) is 11.6 Å². The van der Waals surface area contributed by atoms with Crippen molar-refractivity contribution < 1.29 is 27.9 Å². The molecule has 2 aromatic carbocycles. The predicted octanol–water partition coefficient (Wildman–Crippen LogP) is 2.18. The summed E-state index contributed by atoms with van der Waals surface area (Å²) in [5.74, 6) is -3.70. The van der Waals surface area contributed by atoms with Crippen LogP contribution in [-0.2, 0) is 14.3 Å². The van der Waals surface area contributed by atoms with Crippen LogP contribution in [0.5, 0.6) is 0 Å². The highest BCUT2D eigenvalue weighted by atomic mass is 19.1. The number of carbonyl (C=O) groups excluding carboxylic acids is 3. The van der Waals surface area contributed by atoms with Crippen LogP contribution in [0.25, 0.3) is 0 Å². The Morgan fingerprint density at radius 2 is 1.73 bits per heavy atom. The maximum absolute atomic E-state index is 13.4. The number of aryl methyl sites for hydroxylation is 1. The van der Waals surface area contributed by atoms with E-state index in [0.29, 0.717) is 5.56 Å². The van der Waals surface area contributed by atoms with Crippen LogP contribution >= 0.6 is 0 Å². The fourth-order valence-electron chi connectivity index (χ4n) is 1.94. The molecule has 2 N–H and O–H groups in total. The molecular formula is C18H16F2N2O4.